The Morgan fingerprint density at radius 2 is 2.16 bits per heavy atom. The van der Waals surface area contributed by atoms with Crippen molar-refractivity contribution < 1.29 is 13.6 Å². The van der Waals surface area contributed by atoms with E-state index in [0.29, 0.717) is 42.8 Å². The molecule has 2 aromatic heterocycles. The van der Waals surface area contributed by atoms with Gasteiger partial charge in [0.15, 0.2) is 11.5 Å². The van der Waals surface area contributed by atoms with Crippen molar-refractivity contribution in [3.05, 3.63) is 59.4 Å². The number of carbonyl (C=O) groups excluding carboxylic acids is 1. The Morgan fingerprint density at radius 1 is 1.32 bits per heavy atom. The van der Waals surface area contributed by atoms with Gasteiger partial charge in [-0.1, -0.05) is 0 Å². The zero-order valence-corrected chi connectivity index (χ0v) is 17.2. The summed E-state index contributed by atoms with van der Waals surface area (Å²) in [7, 11) is 0. The molecule has 9 heteroatoms. The van der Waals surface area contributed by atoms with E-state index in [1.165, 1.54) is 12.1 Å². The van der Waals surface area contributed by atoms with Gasteiger partial charge in [0.2, 0.25) is 5.91 Å². The molecule has 2 saturated heterocycles. The molecule has 0 aliphatic carbocycles. The van der Waals surface area contributed by atoms with Crippen molar-refractivity contribution in [1.29, 1.82) is 0 Å². The molecule has 7 nitrogen and oxygen atoms in total. The minimum Gasteiger partial charge on any atom is -0.368 e. The summed E-state index contributed by atoms with van der Waals surface area (Å²) in [5.74, 6) is -0.616. The van der Waals surface area contributed by atoms with Crippen LogP contribution in [0, 0.1) is 11.6 Å². The minimum atomic E-state index is -0.815. The first-order chi connectivity index (χ1) is 14.9. The first-order valence-electron chi connectivity index (χ1n) is 10.5. The van der Waals surface area contributed by atoms with Gasteiger partial charge >= 0.3 is 0 Å². The van der Waals surface area contributed by atoms with Gasteiger partial charge in [-0.2, -0.15) is 0 Å². The molecular formula is C22H24F2N6O. The minimum absolute atomic E-state index is 0.182. The second-order valence-corrected chi connectivity index (χ2v) is 8.57. The third-order valence-corrected chi connectivity index (χ3v) is 6.57. The molecule has 1 aromatic carbocycles. The SMILES string of the molecule is CC1(C(N)=O)CCC(c2c(N3CCC[C@@H]3c3cc(F)ccc3F)nn3cccnc23)N1. The van der Waals surface area contributed by atoms with Crippen LogP contribution in [0.15, 0.2) is 36.7 Å². The second-order valence-electron chi connectivity index (χ2n) is 8.57. The highest BCUT2D eigenvalue weighted by atomic mass is 19.1. The summed E-state index contributed by atoms with van der Waals surface area (Å²) in [4.78, 5) is 18.5. The fourth-order valence-corrected chi connectivity index (χ4v) is 4.90. The quantitative estimate of drug-likeness (QED) is 0.670. The van der Waals surface area contributed by atoms with E-state index in [1.54, 1.807) is 23.7 Å². The van der Waals surface area contributed by atoms with Gasteiger partial charge in [-0.25, -0.2) is 18.3 Å². The summed E-state index contributed by atoms with van der Waals surface area (Å²) in [6.07, 6.45) is 6.32. The highest BCUT2D eigenvalue weighted by Gasteiger charge is 2.43. The molecule has 0 radical (unpaired) electrons. The Hall–Kier alpha value is -3.07. The maximum Gasteiger partial charge on any atom is 0.237 e. The van der Waals surface area contributed by atoms with Crippen LogP contribution in [0.25, 0.3) is 5.65 Å². The van der Waals surface area contributed by atoms with Gasteiger partial charge in [0.1, 0.15) is 11.6 Å². The first-order valence-corrected chi connectivity index (χ1v) is 10.5. The lowest BCUT2D eigenvalue weighted by atomic mass is 9.99. The monoisotopic (exact) mass is 426 g/mol. The van der Waals surface area contributed by atoms with Crippen LogP contribution in [-0.2, 0) is 4.79 Å². The lowest BCUT2D eigenvalue weighted by molar-refractivity contribution is -0.123. The zero-order valence-electron chi connectivity index (χ0n) is 17.2. The Morgan fingerprint density at radius 3 is 2.94 bits per heavy atom. The molecule has 0 bridgehead atoms. The predicted molar refractivity (Wildman–Crippen MR) is 111 cm³/mol. The fourth-order valence-electron chi connectivity index (χ4n) is 4.90. The molecule has 3 aromatic rings. The molecule has 1 amide bonds. The van der Waals surface area contributed by atoms with Crippen LogP contribution < -0.4 is 16.0 Å². The Labute approximate surface area is 178 Å². The Bertz CT molecular complexity index is 1160. The van der Waals surface area contributed by atoms with Crippen LogP contribution in [-0.4, -0.2) is 32.6 Å². The number of carbonyl (C=O) groups is 1. The third kappa shape index (κ3) is 3.23. The lowest BCUT2D eigenvalue weighted by Gasteiger charge is -2.28. The maximum atomic E-state index is 14.6. The molecule has 3 atom stereocenters. The summed E-state index contributed by atoms with van der Waals surface area (Å²) < 4.78 is 30.2. The van der Waals surface area contributed by atoms with E-state index in [-0.39, 0.29) is 12.1 Å². The van der Waals surface area contributed by atoms with Crippen LogP contribution in [0.3, 0.4) is 0 Å². The van der Waals surface area contributed by atoms with Crippen LogP contribution in [0.5, 0.6) is 0 Å². The number of primary amides is 1. The van der Waals surface area contributed by atoms with Gasteiger partial charge in [-0.15, -0.1) is 5.10 Å². The number of nitrogens with two attached hydrogens (primary N) is 1. The molecule has 2 aliphatic rings. The summed E-state index contributed by atoms with van der Waals surface area (Å²) in [5, 5.41) is 8.14. The summed E-state index contributed by atoms with van der Waals surface area (Å²) >= 11 is 0. The smallest absolute Gasteiger partial charge is 0.237 e. The van der Waals surface area contributed by atoms with Gasteiger partial charge in [-0.3, -0.25) is 10.1 Å². The van der Waals surface area contributed by atoms with E-state index in [9.17, 15) is 13.6 Å². The summed E-state index contributed by atoms with van der Waals surface area (Å²) in [6, 6.07) is 4.85. The van der Waals surface area contributed by atoms with Crippen molar-refractivity contribution in [2.75, 3.05) is 11.4 Å². The van der Waals surface area contributed by atoms with E-state index in [1.807, 2.05) is 11.1 Å². The van der Waals surface area contributed by atoms with Gasteiger partial charge < -0.3 is 10.6 Å². The molecule has 2 aliphatic heterocycles. The number of nitrogens with one attached hydrogen (secondary N) is 1. The molecular weight excluding hydrogens is 402 g/mol. The van der Waals surface area contributed by atoms with E-state index in [2.05, 4.69) is 10.3 Å². The number of anilines is 1. The second kappa shape index (κ2) is 7.26. The Kier molecular flexibility index (Phi) is 4.65. The van der Waals surface area contributed by atoms with Crippen LogP contribution in [0.1, 0.15) is 55.8 Å². The molecule has 5 rings (SSSR count). The fraction of sp³-hybridized carbons (Fsp3) is 0.409. The van der Waals surface area contributed by atoms with E-state index in [0.717, 1.165) is 18.1 Å². The molecule has 162 valence electrons. The van der Waals surface area contributed by atoms with Crippen molar-refractivity contribution in [3.63, 3.8) is 0 Å². The Balaban J connectivity index is 1.61. The third-order valence-electron chi connectivity index (χ3n) is 6.57. The van der Waals surface area contributed by atoms with Crippen molar-refractivity contribution in [3.8, 4) is 0 Å². The van der Waals surface area contributed by atoms with Crippen molar-refractivity contribution >= 4 is 17.4 Å². The number of benzene rings is 1. The number of hydrogen-bond donors (Lipinski definition) is 2. The highest BCUT2D eigenvalue weighted by Crippen LogP contribution is 2.43. The normalized spacial score (nSPS) is 26.1. The maximum absolute atomic E-state index is 14.6. The summed E-state index contributed by atoms with van der Waals surface area (Å²) in [5.41, 5.74) is 6.67. The highest BCUT2D eigenvalue weighted by molar-refractivity contribution is 5.85. The number of halogens is 2. The summed E-state index contributed by atoms with van der Waals surface area (Å²) in [6.45, 7) is 2.46. The number of rotatable bonds is 4. The molecule has 3 N–H and O–H groups in total. The number of amides is 1. The molecule has 4 heterocycles. The largest absolute Gasteiger partial charge is 0.368 e. The standard InChI is InChI=1S/C22H24F2N6O/c1-22(21(25)31)8-7-16(27-22)18-19-26-9-3-11-30(19)28-20(18)29-10-2-4-17(29)14-12-13(23)5-6-15(14)24/h3,5-6,9,11-12,16-17,27H,2,4,7-8,10H2,1H3,(H2,25,31)/t16?,17-,22?/m1/s1. The van der Waals surface area contributed by atoms with E-state index >= 15 is 0 Å². The van der Waals surface area contributed by atoms with Crippen LogP contribution >= 0.6 is 0 Å². The zero-order chi connectivity index (χ0) is 21.8. The average molecular weight is 426 g/mol. The van der Waals surface area contributed by atoms with Crippen molar-refractivity contribution in [2.45, 2.75) is 50.2 Å². The number of aromatic nitrogens is 3. The predicted octanol–water partition coefficient (Wildman–Crippen LogP) is 3.02. The molecule has 0 saturated carbocycles. The van der Waals surface area contributed by atoms with Gasteiger partial charge in [0.05, 0.1) is 17.1 Å². The van der Waals surface area contributed by atoms with E-state index < -0.39 is 23.1 Å². The molecule has 2 fully saturated rings. The van der Waals surface area contributed by atoms with Gasteiger partial charge in [0.25, 0.3) is 0 Å². The number of fused-ring (bicyclic) bond motifs is 1. The van der Waals surface area contributed by atoms with Crippen LogP contribution in [0.2, 0.25) is 0 Å². The topological polar surface area (TPSA) is 88.6 Å². The lowest BCUT2D eigenvalue weighted by Crippen LogP contribution is -2.49. The number of nitrogens with zero attached hydrogens (tertiary/aromatic N) is 4. The molecule has 0 spiro atoms. The van der Waals surface area contributed by atoms with Crippen molar-refractivity contribution in [1.82, 2.24) is 19.9 Å². The van der Waals surface area contributed by atoms with Crippen LogP contribution in [0.4, 0.5) is 14.6 Å². The average Bonchev–Trinajstić information content (AvgIpc) is 3.46. The van der Waals surface area contributed by atoms with Crippen molar-refractivity contribution in [2.24, 2.45) is 5.73 Å². The van der Waals surface area contributed by atoms with E-state index in [4.69, 9.17) is 10.8 Å². The van der Waals surface area contributed by atoms with Gasteiger partial charge in [0, 0.05) is 30.5 Å². The number of hydrogen-bond acceptors (Lipinski definition) is 5. The molecule has 31 heavy (non-hydrogen) atoms. The first kappa shape index (κ1) is 19.9. The van der Waals surface area contributed by atoms with Gasteiger partial charge in [-0.05, 0) is 56.9 Å². The molecule has 2 unspecified atom stereocenters.